The summed E-state index contributed by atoms with van der Waals surface area (Å²) in [6, 6.07) is 2.42. The van der Waals surface area contributed by atoms with Crippen molar-refractivity contribution in [2.24, 2.45) is 12.8 Å². The predicted octanol–water partition coefficient (Wildman–Crippen LogP) is 2.21. The first kappa shape index (κ1) is 15.5. The zero-order valence-corrected chi connectivity index (χ0v) is 12.8. The molecule has 1 aliphatic carbocycles. The van der Waals surface area contributed by atoms with Gasteiger partial charge in [-0.15, -0.1) is 12.4 Å². The standard InChI is InChI=1S/C12H18BrN3O.ClH/c1-16-7-8(13)6-11(16)12(17)15-10-4-2-9(14)3-5-10;/h6-7,9-10H,2-5,14H2,1H3,(H,15,17);1H. The van der Waals surface area contributed by atoms with E-state index in [9.17, 15) is 4.79 Å². The van der Waals surface area contributed by atoms with Crippen molar-refractivity contribution in [1.82, 2.24) is 9.88 Å². The van der Waals surface area contributed by atoms with E-state index in [0.717, 1.165) is 30.2 Å². The highest BCUT2D eigenvalue weighted by Gasteiger charge is 2.21. The van der Waals surface area contributed by atoms with Gasteiger partial charge in [0.15, 0.2) is 0 Å². The molecule has 3 N–H and O–H groups in total. The summed E-state index contributed by atoms with van der Waals surface area (Å²) in [7, 11) is 1.87. The number of hydrogen-bond donors (Lipinski definition) is 2. The Kier molecular flexibility index (Phi) is 5.69. The molecule has 1 fully saturated rings. The van der Waals surface area contributed by atoms with Crippen LogP contribution in [0.4, 0.5) is 0 Å². The molecule has 2 rings (SSSR count). The topological polar surface area (TPSA) is 60.0 Å². The Hall–Kier alpha value is -0.520. The molecule has 4 nitrogen and oxygen atoms in total. The van der Waals surface area contributed by atoms with E-state index in [0.29, 0.717) is 11.7 Å². The molecule has 1 saturated carbocycles. The summed E-state index contributed by atoms with van der Waals surface area (Å²) in [5.74, 6) is -0.00123. The third-order valence-electron chi connectivity index (χ3n) is 3.31. The molecule has 0 aromatic carbocycles. The van der Waals surface area contributed by atoms with E-state index < -0.39 is 0 Å². The highest BCUT2D eigenvalue weighted by molar-refractivity contribution is 9.10. The second kappa shape index (κ2) is 6.59. The summed E-state index contributed by atoms with van der Waals surface area (Å²) in [6.45, 7) is 0. The smallest absolute Gasteiger partial charge is 0.268 e. The van der Waals surface area contributed by atoms with Crippen molar-refractivity contribution >= 4 is 34.2 Å². The molecule has 18 heavy (non-hydrogen) atoms. The number of rotatable bonds is 2. The molecule has 0 saturated heterocycles. The van der Waals surface area contributed by atoms with Crippen LogP contribution < -0.4 is 11.1 Å². The molecule has 0 bridgehead atoms. The number of nitrogens with one attached hydrogen (secondary N) is 1. The fourth-order valence-corrected chi connectivity index (χ4v) is 2.80. The number of amides is 1. The second-order valence-corrected chi connectivity index (χ2v) is 5.66. The Balaban J connectivity index is 0.00000162. The minimum atomic E-state index is -0.00123. The number of carbonyl (C=O) groups is 1. The normalized spacial score (nSPS) is 23.3. The van der Waals surface area contributed by atoms with Crippen LogP contribution in [0.25, 0.3) is 0 Å². The van der Waals surface area contributed by atoms with Crippen molar-refractivity contribution in [2.75, 3.05) is 0 Å². The summed E-state index contributed by atoms with van der Waals surface area (Å²) in [4.78, 5) is 12.0. The summed E-state index contributed by atoms with van der Waals surface area (Å²) in [5, 5.41) is 3.07. The Morgan fingerprint density at radius 1 is 1.44 bits per heavy atom. The molecule has 1 aliphatic rings. The Morgan fingerprint density at radius 2 is 2.06 bits per heavy atom. The molecule has 1 heterocycles. The molecule has 102 valence electrons. The summed E-state index contributed by atoms with van der Waals surface area (Å²) in [6.07, 6.45) is 5.85. The molecular weight excluding hydrogens is 318 g/mol. The maximum atomic E-state index is 12.0. The van der Waals surface area contributed by atoms with Crippen LogP contribution in [0.5, 0.6) is 0 Å². The van der Waals surface area contributed by atoms with Crippen LogP contribution in [-0.2, 0) is 7.05 Å². The highest BCUT2D eigenvalue weighted by atomic mass is 79.9. The lowest BCUT2D eigenvalue weighted by Crippen LogP contribution is -2.40. The van der Waals surface area contributed by atoms with Gasteiger partial charge in [-0.25, -0.2) is 0 Å². The number of carbonyl (C=O) groups excluding carboxylic acids is 1. The second-order valence-electron chi connectivity index (χ2n) is 4.74. The van der Waals surface area contributed by atoms with Gasteiger partial charge in [-0.3, -0.25) is 4.79 Å². The number of aryl methyl sites for hydroxylation is 1. The number of aromatic nitrogens is 1. The predicted molar refractivity (Wildman–Crippen MR) is 78.1 cm³/mol. The first-order valence-electron chi connectivity index (χ1n) is 5.94. The molecule has 0 spiro atoms. The van der Waals surface area contributed by atoms with Crippen molar-refractivity contribution in [3.63, 3.8) is 0 Å². The van der Waals surface area contributed by atoms with Gasteiger partial charge >= 0.3 is 0 Å². The van der Waals surface area contributed by atoms with Crippen LogP contribution in [0.15, 0.2) is 16.7 Å². The number of nitrogens with two attached hydrogens (primary N) is 1. The fraction of sp³-hybridized carbons (Fsp3) is 0.583. The van der Waals surface area contributed by atoms with Crippen LogP contribution in [0, 0.1) is 0 Å². The minimum absolute atomic E-state index is 0. The Morgan fingerprint density at radius 3 is 2.56 bits per heavy atom. The lowest BCUT2D eigenvalue weighted by atomic mass is 9.92. The van der Waals surface area contributed by atoms with Crippen LogP contribution in [0.2, 0.25) is 0 Å². The van der Waals surface area contributed by atoms with Crippen LogP contribution in [0.1, 0.15) is 36.2 Å². The van der Waals surface area contributed by atoms with Gasteiger partial charge in [-0.1, -0.05) is 0 Å². The van der Waals surface area contributed by atoms with Crippen LogP contribution >= 0.6 is 28.3 Å². The molecule has 6 heteroatoms. The fourth-order valence-electron chi connectivity index (χ4n) is 2.27. The summed E-state index contributed by atoms with van der Waals surface area (Å²) >= 11 is 3.37. The third kappa shape index (κ3) is 3.73. The van der Waals surface area contributed by atoms with Gasteiger partial charge in [0, 0.05) is 29.8 Å². The molecule has 1 aromatic heterocycles. The van der Waals surface area contributed by atoms with E-state index in [1.807, 2.05) is 23.9 Å². The lowest BCUT2D eigenvalue weighted by molar-refractivity contribution is 0.0917. The van der Waals surface area contributed by atoms with E-state index in [2.05, 4.69) is 21.2 Å². The van der Waals surface area contributed by atoms with E-state index >= 15 is 0 Å². The average Bonchev–Trinajstić information content (AvgIpc) is 2.61. The van der Waals surface area contributed by atoms with E-state index in [4.69, 9.17) is 5.73 Å². The first-order chi connectivity index (χ1) is 8.06. The van der Waals surface area contributed by atoms with Gasteiger partial charge in [-0.2, -0.15) is 0 Å². The number of halogens is 2. The zero-order chi connectivity index (χ0) is 12.4. The van der Waals surface area contributed by atoms with Crippen molar-refractivity contribution in [2.45, 2.75) is 37.8 Å². The summed E-state index contributed by atoms with van der Waals surface area (Å²) < 4.78 is 2.75. The van der Waals surface area contributed by atoms with Crippen LogP contribution in [0.3, 0.4) is 0 Å². The van der Waals surface area contributed by atoms with Crippen molar-refractivity contribution < 1.29 is 4.79 Å². The lowest BCUT2D eigenvalue weighted by Gasteiger charge is -2.26. The molecule has 1 aromatic rings. The van der Waals surface area contributed by atoms with Crippen LogP contribution in [-0.4, -0.2) is 22.6 Å². The zero-order valence-electron chi connectivity index (χ0n) is 10.4. The number of hydrogen-bond acceptors (Lipinski definition) is 2. The molecule has 0 aliphatic heterocycles. The van der Waals surface area contributed by atoms with Crippen molar-refractivity contribution in [1.29, 1.82) is 0 Å². The Labute approximate surface area is 122 Å². The van der Waals surface area contributed by atoms with E-state index in [1.54, 1.807) is 0 Å². The quantitative estimate of drug-likeness (QED) is 0.870. The van der Waals surface area contributed by atoms with Gasteiger partial charge in [0.1, 0.15) is 5.69 Å². The SMILES string of the molecule is Cl.Cn1cc(Br)cc1C(=O)NC1CCC(N)CC1. The van der Waals surface area contributed by atoms with Gasteiger partial charge in [0.05, 0.1) is 0 Å². The molecule has 0 radical (unpaired) electrons. The maximum Gasteiger partial charge on any atom is 0.268 e. The van der Waals surface area contributed by atoms with Gasteiger partial charge < -0.3 is 15.6 Å². The first-order valence-corrected chi connectivity index (χ1v) is 6.74. The maximum absolute atomic E-state index is 12.0. The number of nitrogens with zero attached hydrogens (tertiary/aromatic N) is 1. The molecule has 0 atom stereocenters. The average molecular weight is 337 g/mol. The van der Waals surface area contributed by atoms with E-state index in [-0.39, 0.29) is 24.4 Å². The van der Waals surface area contributed by atoms with Gasteiger partial charge in [0.25, 0.3) is 5.91 Å². The minimum Gasteiger partial charge on any atom is -0.348 e. The summed E-state index contributed by atoms with van der Waals surface area (Å²) in [5.41, 5.74) is 6.53. The molecule has 1 amide bonds. The van der Waals surface area contributed by atoms with Crippen molar-refractivity contribution in [3.05, 3.63) is 22.4 Å². The highest BCUT2D eigenvalue weighted by Crippen LogP contribution is 2.18. The monoisotopic (exact) mass is 335 g/mol. The third-order valence-corrected chi connectivity index (χ3v) is 3.74. The molecular formula is C12H19BrClN3O. The largest absolute Gasteiger partial charge is 0.348 e. The van der Waals surface area contributed by atoms with Gasteiger partial charge in [-0.05, 0) is 47.7 Å². The molecule has 0 unspecified atom stereocenters. The Bertz CT molecular complexity index is 413. The van der Waals surface area contributed by atoms with Gasteiger partial charge in [0.2, 0.25) is 0 Å². The van der Waals surface area contributed by atoms with Crippen molar-refractivity contribution in [3.8, 4) is 0 Å². The van der Waals surface area contributed by atoms with E-state index in [1.165, 1.54) is 0 Å².